The van der Waals surface area contributed by atoms with Crippen molar-refractivity contribution in [2.45, 2.75) is 400 Å². The minimum Gasteiger partial charge on any atom is -0.462 e. The van der Waals surface area contributed by atoms with Crippen molar-refractivity contribution < 1.29 is 80.2 Å². The second-order valence-corrected chi connectivity index (χ2v) is 30.3. The molecule has 0 aliphatic carbocycles. The molecule has 552 valence electrons. The third-order valence-corrected chi connectivity index (χ3v) is 19.5. The van der Waals surface area contributed by atoms with E-state index in [1.54, 1.807) is 0 Å². The summed E-state index contributed by atoms with van der Waals surface area (Å²) < 4.78 is 68.2. The highest BCUT2D eigenvalue weighted by Gasteiger charge is 2.30. The van der Waals surface area contributed by atoms with E-state index in [2.05, 4.69) is 41.5 Å². The molecule has 0 aromatic rings. The first kappa shape index (κ1) is 91.1. The first-order chi connectivity index (χ1) is 44.9. The Morgan fingerprint density at radius 1 is 0.312 bits per heavy atom. The van der Waals surface area contributed by atoms with Gasteiger partial charge in [-0.25, -0.2) is 9.13 Å². The summed E-state index contributed by atoms with van der Waals surface area (Å²) in [5.74, 6) is -0.587. The zero-order chi connectivity index (χ0) is 68.6. The predicted molar refractivity (Wildman–Crippen MR) is 377 cm³/mol. The van der Waals surface area contributed by atoms with E-state index in [9.17, 15) is 43.2 Å². The van der Waals surface area contributed by atoms with Crippen LogP contribution in [0.4, 0.5) is 0 Å². The van der Waals surface area contributed by atoms with E-state index in [4.69, 9.17) is 37.0 Å². The molecule has 19 heteroatoms. The summed E-state index contributed by atoms with van der Waals surface area (Å²) >= 11 is 0. The topological polar surface area (TPSA) is 237 Å². The first-order valence-electron chi connectivity index (χ1n) is 38.5. The molecule has 17 nitrogen and oxygen atoms in total. The Morgan fingerprint density at radius 3 is 0.817 bits per heavy atom. The lowest BCUT2D eigenvalue weighted by molar-refractivity contribution is -0.161. The van der Waals surface area contributed by atoms with Gasteiger partial charge in [-0.05, 0) is 37.5 Å². The fraction of sp³-hybridized carbons (Fsp3) is 0.946. The number of aliphatic hydroxyl groups excluding tert-OH is 1. The van der Waals surface area contributed by atoms with Gasteiger partial charge in [-0.2, -0.15) is 0 Å². The quantitative estimate of drug-likeness (QED) is 0.0222. The third kappa shape index (κ3) is 67.0. The summed E-state index contributed by atoms with van der Waals surface area (Å²) in [4.78, 5) is 72.5. The second kappa shape index (κ2) is 66.0. The van der Waals surface area contributed by atoms with E-state index in [-0.39, 0.29) is 25.7 Å². The molecule has 0 aromatic heterocycles. The van der Waals surface area contributed by atoms with E-state index in [1.807, 2.05) is 0 Å². The largest absolute Gasteiger partial charge is 0.472 e. The lowest BCUT2D eigenvalue weighted by Gasteiger charge is -2.21. The van der Waals surface area contributed by atoms with Crippen molar-refractivity contribution in [2.75, 3.05) is 39.6 Å². The van der Waals surface area contributed by atoms with Crippen molar-refractivity contribution in [2.24, 2.45) is 11.8 Å². The Balaban J connectivity index is 5.13. The molecule has 0 amide bonds. The molecule has 0 aliphatic heterocycles. The van der Waals surface area contributed by atoms with Crippen LogP contribution in [0.5, 0.6) is 0 Å². The van der Waals surface area contributed by atoms with Gasteiger partial charge in [-0.3, -0.25) is 37.3 Å². The van der Waals surface area contributed by atoms with Gasteiger partial charge in [0.1, 0.15) is 19.3 Å². The molecule has 3 unspecified atom stereocenters. The van der Waals surface area contributed by atoms with Gasteiger partial charge in [0.25, 0.3) is 0 Å². The van der Waals surface area contributed by atoms with Crippen molar-refractivity contribution >= 4 is 39.5 Å². The molecule has 0 aromatic carbocycles. The molecule has 0 heterocycles. The van der Waals surface area contributed by atoms with Crippen LogP contribution in [-0.2, 0) is 65.4 Å². The van der Waals surface area contributed by atoms with Crippen LogP contribution in [0.2, 0.25) is 0 Å². The minimum atomic E-state index is -4.95. The van der Waals surface area contributed by atoms with E-state index in [0.717, 1.165) is 109 Å². The number of ether oxygens (including phenoxy) is 4. The van der Waals surface area contributed by atoms with Crippen LogP contribution in [-0.4, -0.2) is 96.7 Å². The van der Waals surface area contributed by atoms with E-state index in [0.29, 0.717) is 31.6 Å². The van der Waals surface area contributed by atoms with Crippen molar-refractivity contribution in [3.05, 3.63) is 0 Å². The number of unbranched alkanes of at least 4 members (excludes halogenated alkanes) is 42. The summed E-state index contributed by atoms with van der Waals surface area (Å²) in [5.41, 5.74) is 0. The molecule has 0 bridgehead atoms. The maximum absolute atomic E-state index is 13.1. The smallest absolute Gasteiger partial charge is 0.462 e. The van der Waals surface area contributed by atoms with Crippen LogP contribution >= 0.6 is 15.6 Å². The minimum absolute atomic E-state index is 0.102. The first-order valence-corrected chi connectivity index (χ1v) is 41.5. The summed E-state index contributed by atoms with van der Waals surface area (Å²) in [6, 6.07) is 0. The van der Waals surface area contributed by atoms with E-state index >= 15 is 0 Å². The molecular formula is C74H144O17P2. The number of carbonyl (C=O) groups is 4. The normalized spacial score (nSPS) is 14.3. The highest BCUT2D eigenvalue weighted by Crippen LogP contribution is 2.45. The maximum atomic E-state index is 13.1. The van der Waals surface area contributed by atoms with Crippen molar-refractivity contribution in [3.63, 3.8) is 0 Å². The number of hydrogen-bond donors (Lipinski definition) is 3. The molecule has 6 atom stereocenters. The second-order valence-electron chi connectivity index (χ2n) is 27.4. The summed E-state index contributed by atoms with van der Waals surface area (Å²) in [6.07, 6.45) is 53.1. The Bertz CT molecular complexity index is 1810. The van der Waals surface area contributed by atoms with Crippen LogP contribution in [0.1, 0.15) is 382 Å². The fourth-order valence-electron chi connectivity index (χ4n) is 11.3. The Morgan fingerprint density at radius 2 is 0.548 bits per heavy atom. The van der Waals surface area contributed by atoms with Gasteiger partial charge >= 0.3 is 39.5 Å². The van der Waals surface area contributed by atoms with Crippen molar-refractivity contribution in [1.82, 2.24) is 0 Å². The van der Waals surface area contributed by atoms with Gasteiger partial charge < -0.3 is 33.8 Å². The fourth-order valence-corrected chi connectivity index (χ4v) is 12.8. The highest BCUT2D eigenvalue weighted by molar-refractivity contribution is 7.47. The lowest BCUT2D eigenvalue weighted by Crippen LogP contribution is -2.30. The van der Waals surface area contributed by atoms with Crippen LogP contribution in [0, 0.1) is 11.8 Å². The van der Waals surface area contributed by atoms with Gasteiger partial charge in [0.15, 0.2) is 12.2 Å². The molecule has 93 heavy (non-hydrogen) atoms. The summed E-state index contributed by atoms with van der Waals surface area (Å²) in [7, 11) is -9.90. The molecule has 0 fully saturated rings. The van der Waals surface area contributed by atoms with Crippen molar-refractivity contribution in [3.8, 4) is 0 Å². The number of phosphoric acid groups is 2. The van der Waals surface area contributed by atoms with Gasteiger partial charge in [0.05, 0.1) is 26.4 Å². The highest BCUT2D eigenvalue weighted by atomic mass is 31.2. The van der Waals surface area contributed by atoms with Crippen LogP contribution < -0.4 is 0 Å². The number of rotatable bonds is 73. The van der Waals surface area contributed by atoms with Gasteiger partial charge in [0, 0.05) is 25.7 Å². The third-order valence-electron chi connectivity index (χ3n) is 17.6. The molecule has 0 aliphatic rings. The summed E-state index contributed by atoms with van der Waals surface area (Å²) in [6.45, 7) is 9.51. The maximum Gasteiger partial charge on any atom is 0.472 e. The number of phosphoric ester groups is 2. The number of carbonyl (C=O) groups excluding carboxylic acids is 4. The molecule has 0 saturated carbocycles. The Hall–Kier alpha value is -1.94. The van der Waals surface area contributed by atoms with Crippen LogP contribution in [0.15, 0.2) is 0 Å². The lowest BCUT2D eigenvalue weighted by atomic mass is 9.99. The van der Waals surface area contributed by atoms with Crippen LogP contribution in [0.25, 0.3) is 0 Å². The standard InChI is InChI=1S/C74H144O17P2/c1-7-10-12-14-16-17-18-19-24-28-31-34-38-45-51-57-72(77)85-63-69(90-73(78)58-52-46-39-35-32-29-26-23-21-20-22-25-27-30-33-37-43-49-55-67(6)9-3)64-88-92(80,81)86-60-68(75)61-87-93(82,83)89-65-70(62-84-71(76)56-50-44-36-15-13-11-8-2)91-74(79)59-53-47-41-40-42-48-54-66(4)5/h66-70,75H,7-65H2,1-6H3,(H,80,81)(H,82,83)/t67?,68-,69-,70-/m1/s1. The molecule has 3 N–H and O–H groups in total. The molecule has 0 spiro atoms. The molecule has 0 rings (SSSR count). The summed E-state index contributed by atoms with van der Waals surface area (Å²) in [5, 5.41) is 10.6. The van der Waals surface area contributed by atoms with Crippen molar-refractivity contribution in [1.29, 1.82) is 0 Å². The predicted octanol–water partition coefficient (Wildman–Crippen LogP) is 21.6. The van der Waals surface area contributed by atoms with E-state index in [1.165, 1.54) is 186 Å². The Kier molecular flexibility index (Phi) is 64.6. The monoisotopic (exact) mass is 1370 g/mol. The van der Waals surface area contributed by atoms with Crippen LogP contribution in [0.3, 0.4) is 0 Å². The number of esters is 4. The van der Waals surface area contributed by atoms with E-state index < -0.39 is 97.5 Å². The zero-order valence-corrected chi connectivity index (χ0v) is 62.3. The zero-order valence-electron chi connectivity index (χ0n) is 60.6. The molecule has 0 radical (unpaired) electrons. The van der Waals surface area contributed by atoms with Gasteiger partial charge in [-0.1, -0.05) is 330 Å². The molecule has 0 saturated heterocycles. The molecular weight excluding hydrogens is 1220 g/mol. The van der Waals surface area contributed by atoms with Gasteiger partial charge in [0.2, 0.25) is 0 Å². The number of hydrogen-bond acceptors (Lipinski definition) is 15. The average Bonchev–Trinajstić information content (AvgIpc) is 2.51. The Labute approximate surface area is 568 Å². The van der Waals surface area contributed by atoms with Gasteiger partial charge in [-0.15, -0.1) is 0 Å². The average molecular weight is 1370 g/mol. The number of aliphatic hydroxyl groups is 1. The SMILES string of the molecule is CCCCCCCCCCCCCCCCCC(=O)OC[C@H](COP(=O)(O)OC[C@@H](O)COP(=O)(O)OC[C@@H](COC(=O)CCCCCCCCC)OC(=O)CCCCCCCCC(C)C)OC(=O)CCCCCCCCCCCCCCCCCCCCC(C)CC.